The molecular weight excluding hydrogens is 367 g/mol. The van der Waals surface area contributed by atoms with E-state index in [1.807, 2.05) is 0 Å². The first-order valence-corrected chi connectivity index (χ1v) is 8.26. The van der Waals surface area contributed by atoms with E-state index < -0.39 is 11.9 Å². The van der Waals surface area contributed by atoms with Crippen LogP contribution in [0.25, 0.3) is 0 Å². The van der Waals surface area contributed by atoms with Crippen molar-refractivity contribution in [3.8, 4) is 0 Å². The average molecular weight is 387 g/mol. The van der Waals surface area contributed by atoms with E-state index in [9.17, 15) is 14.0 Å². The van der Waals surface area contributed by atoms with Crippen molar-refractivity contribution in [1.29, 1.82) is 0 Å². The summed E-state index contributed by atoms with van der Waals surface area (Å²) in [5.74, 6) is -1.50. The van der Waals surface area contributed by atoms with Gasteiger partial charge in [-0.3, -0.25) is 4.79 Å². The van der Waals surface area contributed by atoms with E-state index >= 15 is 0 Å². The Hall–Kier alpha value is -1.63. The summed E-state index contributed by atoms with van der Waals surface area (Å²) in [5.41, 5.74) is 1.05. The Morgan fingerprint density at radius 1 is 1.48 bits per heavy atom. The fourth-order valence-corrected chi connectivity index (χ4v) is 3.03. The second-order valence-corrected chi connectivity index (χ2v) is 6.96. The molecule has 2 amide bonds. The number of urea groups is 1. The summed E-state index contributed by atoms with van der Waals surface area (Å²) in [6, 6.07) is 4.79. The van der Waals surface area contributed by atoms with Crippen molar-refractivity contribution in [1.82, 2.24) is 10.2 Å². The summed E-state index contributed by atoms with van der Waals surface area (Å²) in [6.07, 6.45) is 1.60. The largest absolute Gasteiger partial charge is 0.481 e. The van der Waals surface area contributed by atoms with Crippen LogP contribution in [0.5, 0.6) is 0 Å². The van der Waals surface area contributed by atoms with Crippen LogP contribution < -0.4 is 5.32 Å². The van der Waals surface area contributed by atoms with Crippen molar-refractivity contribution < 1.29 is 19.1 Å². The highest BCUT2D eigenvalue weighted by Gasteiger charge is 2.32. The number of hydrogen-bond acceptors (Lipinski definition) is 2. The number of carbonyl (C=O) groups excluding carboxylic acids is 1. The first-order valence-electron chi connectivity index (χ1n) is 7.47. The van der Waals surface area contributed by atoms with E-state index in [-0.39, 0.29) is 24.4 Å². The SMILES string of the molecule is CC(CN(C)C(=O)NC1CC(c2ccc(F)c(Br)c2)C1)C(=O)O. The van der Waals surface area contributed by atoms with Crippen molar-refractivity contribution >= 4 is 27.9 Å². The van der Waals surface area contributed by atoms with Crippen LogP contribution >= 0.6 is 15.9 Å². The van der Waals surface area contributed by atoms with Crippen molar-refractivity contribution in [2.75, 3.05) is 13.6 Å². The Labute approximate surface area is 143 Å². The third kappa shape index (κ3) is 4.43. The number of amides is 2. The first kappa shape index (κ1) is 17.7. The summed E-state index contributed by atoms with van der Waals surface area (Å²) in [6.45, 7) is 1.74. The highest BCUT2D eigenvalue weighted by atomic mass is 79.9. The Balaban J connectivity index is 1.80. The van der Waals surface area contributed by atoms with Gasteiger partial charge in [0.15, 0.2) is 0 Å². The van der Waals surface area contributed by atoms with Crippen molar-refractivity contribution in [3.05, 3.63) is 34.1 Å². The minimum absolute atomic E-state index is 0.0684. The Kier molecular flexibility index (Phi) is 5.62. The molecule has 1 atom stereocenters. The Morgan fingerprint density at radius 3 is 2.70 bits per heavy atom. The van der Waals surface area contributed by atoms with E-state index in [0.717, 1.165) is 18.4 Å². The van der Waals surface area contributed by atoms with Crippen LogP contribution in [0.1, 0.15) is 31.2 Å². The highest BCUT2D eigenvalue weighted by Crippen LogP contribution is 2.38. The third-order valence-electron chi connectivity index (χ3n) is 4.20. The van der Waals surface area contributed by atoms with E-state index in [2.05, 4.69) is 21.2 Å². The molecule has 2 rings (SSSR count). The molecule has 2 N–H and O–H groups in total. The van der Waals surface area contributed by atoms with E-state index in [1.165, 1.54) is 11.0 Å². The number of carboxylic acid groups (broad SMARTS) is 1. The Morgan fingerprint density at radius 2 is 2.13 bits per heavy atom. The molecule has 0 radical (unpaired) electrons. The number of halogens is 2. The third-order valence-corrected chi connectivity index (χ3v) is 4.80. The van der Waals surface area contributed by atoms with Gasteiger partial charge in [0.1, 0.15) is 5.82 Å². The molecule has 23 heavy (non-hydrogen) atoms. The van der Waals surface area contributed by atoms with Crippen LogP contribution in [0.3, 0.4) is 0 Å². The van der Waals surface area contributed by atoms with Gasteiger partial charge in [0.25, 0.3) is 0 Å². The van der Waals surface area contributed by atoms with Gasteiger partial charge in [0, 0.05) is 19.6 Å². The maximum atomic E-state index is 13.2. The molecule has 0 aromatic heterocycles. The minimum atomic E-state index is -0.921. The molecule has 0 aliphatic heterocycles. The van der Waals surface area contributed by atoms with Crippen molar-refractivity contribution in [2.45, 2.75) is 31.7 Å². The second-order valence-electron chi connectivity index (χ2n) is 6.11. The average Bonchev–Trinajstić information content (AvgIpc) is 2.45. The quantitative estimate of drug-likeness (QED) is 0.816. The normalized spacial score (nSPS) is 21.2. The zero-order chi connectivity index (χ0) is 17.1. The maximum absolute atomic E-state index is 13.2. The van der Waals surface area contributed by atoms with E-state index in [0.29, 0.717) is 10.4 Å². The molecule has 5 nitrogen and oxygen atoms in total. The fraction of sp³-hybridized carbons (Fsp3) is 0.500. The van der Waals surface area contributed by atoms with Gasteiger partial charge in [-0.1, -0.05) is 13.0 Å². The van der Waals surface area contributed by atoms with Crippen LogP contribution in [0, 0.1) is 11.7 Å². The van der Waals surface area contributed by atoms with Crippen LogP contribution in [0.4, 0.5) is 9.18 Å². The zero-order valence-electron chi connectivity index (χ0n) is 13.1. The van der Waals surface area contributed by atoms with Crippen LogP contribution in [0.2, 0.25) is 0 Å². The predicted octanol–water partition coefficient (Wildman–Crippen LogP) is 3.20. The monoisotopic (exact) mass is 386 g/mol. The van der Waals surface area contributed by atoms with Crippen LogP contribution in [-0.4, -0.2) is 41.6 Å². The molecule has 1 aliphatic carbocycles. The lowest BCUT2D eigenvalue weighted by Crippen LogP contribution is -2.49. The number of nitrogens with one attached hydrogen (secondary N) is 1. The molecule has 1 aliphatic rings. The maximum Gasteiger partial charge on any atom is 0.317 e. The smallest absolute Gasteiger partial charge is 0.317 e. The van der Waals surface area contributed by atoms with Gasteiger partial charge < -0.3 is 15.3 Å². The number of hydrogen-bond donors (Lipinski definition) is 2. The molecule has 7 heteroatoms. The number of aliphatic carboxylic acids is 1. The number of carbonyl (C=O) groups is 2. The summed E-state index contributed by atoms with van der Waals surface area (Å²) < 4.78 is 13.7. The molecule has 1 aromatic carbocycles. The summed E-state index contributed by atoms with van der Waals surface area (Å²) in [4.78, 5) is 24.2. The standard InChI is InChI=1S/C16H20BrFN2O3/c1-9(15(21)22)8-20(2)16(23)19-12-5-11(6-12)10-3-4-14(18)13(17)7-10/h3-4,7,9,11-12H,5-6,8H2,1-2H3,(H,19,23)(H,21,22). The van der Waals surface area contributed by atoms with Gasteiger partial charge in [0.05, 0.1) is 10.4 Å². The zero-order valence-corrected chi connectivity index (χ0v) is 14.6. The molecular formula is C16H20BrFN2O3. The number of nitrogens with zero attached hydrogens (tertiary/aromatic N) is 1. The summed E-state index contributed by atoms with van der Waals surface area (Å²) >= 11 is 3.18. The molecule has 1 fully saturated rings. The topological polar surface area (TPSA) is 69.6 Å². The lowest BCUT2D eigenvalue weighted by Gasteiger charge is -2.37. The molecule has 126 valence electrons. The van der Waals surface area contributed by atoms with Gasteiger partial charge >= 0.3 is 12.0 Å². The molecule has 1 aromatic rings. The number of rotatable bonds is 5. The van der Waals surface area contributed by atoms with E-state index in [4.69, 9.17) is 5.11 Å². The predicted molar refractivity (Wildman–Crippen MR) is 87.8 cm³/mol. The van der Waals surface area contributed by atoms with Gasteiger partial charge in [-0.15, -0.1) is 0 Å². The minimum Gasteiger partial charge on any atom is -0.481 e. The summed E-state index contributed by atoms with van der Waals surface area (Å²) in [5, 5.41) is 11.8. The number of carboxylic acids is 1. The van der Waals surface area contributed by atoms with Gasteiger partial charge in [-0.05, 0) is 52.4 Å². The lowest BCUT2D eigenvalue weighted by atomic mass is 9.76. The van der Waals surface area contributed by atoms with E-state index in [1.54, 1.807) is 26.1 Å². The molecule has 0 heterocycles. The summed E-state index contributed by atoms with van der Waals surface area (Å²) in [7, 11) is 1.59. The first-order chi connectivity index (χ1) is 10.8. The van der Waals surface area contributed by atoms with Crippen molar-refractivity contribution in [2.24, 2.45) is 5.92 Å². The van der Waals surface area contributed by atoms with Crippen molar-refractivity contribution in [3.63, 3.8) is 0 Å². The van der Waals surface area contributed by atoms with Gasteiger partial charge in [-0.25, -0.2) is 9.18 Å². The molecule has 0 saturated heterocycles. The molecule has 0 spiro atoms. The lowest BCUT2D eigenvalue weighted by molar-refractivity contribution is -0.141. The van der Waals surface area contributed by atoms with Gasteiger partial charge in [0.2, 0.25) is 0 Å². The Bertz CT molecular complexity index is 605. The van der Waals surface area contributed by atoms with Gasteiger partial charge in [-0.2, -0.15) is 0 Å². The van der Waals surface area contributed by atoms with Crippen LogP contribution in [-0.2, 0) is 4.79 Å². The van der Waals surface area contributed by atoms with Crippen LogP contribution in [0.15, 0.2) is 22.7 Å². The highest BCUT2D eigenvalue weighted by molar-refractivity contribution is 9.10. The molecule has 1 saturated carbocycles. The molecule has 0 bridgehead atoms. The fourth-order valence-electron chi connectivity index (χ4n) is 2.63. The molecule has 1 unspecified atom stereocenters. The second kappa shape index (κ2) is 7.29. The number of benzene rings is 1.